The Kier molecular flexibility index (Phi) is 4.29. The van der Waals surface area contributed by atoms with Crippen molar-refractivity contribution < 1.29 is 14.0 Å². The number of anilines is 1. The number of fused-ring (bicyclic) bond motifs is 1. The van der Waals surface area contributed by atoms with Gasteiger partial charge in [-0.3, -0.25) is 14.7 Å². The Bertz CT molecular complexity index is 1090. The van der Waals surface area contributed by atoms with Crippen LogP contribution in [0.15, 0.2) is 60.3 Å². The Labute approximate surface area is 153 Å². The van der Waals surface area contributed by atoms with Crippen molar-refractivity contribution in [3.63, 3.8) is 0 Å². The number of H-pyrrole nitrogens is 2. The van der Waals surface area contributed by atoms with Crippen LogP contribution in [-0.2, 0) is 0 Å². The number of rotatable bonds is 4. The number of amides is 2. The standard InChI is InChI=1S/C19H16FN5O2/c20-13-3-5-14(6-4-13)23-19(27)17-16(10-22-25-17)24-18(26)12-2-1-11-7-8-21-15(11)9-12/h1-3,5,7-10,21H,4,6H2,(H,22,25)(H,23,27)(H,24,26). The van der Waals surface area contributed by atoms with Crippen LogP contribution in [0.4, 0.5) is 10.1 Å². The average molecular weight is 365 g/mol. The fourth-order valence-corrected chi connectivity index (χ4v) is 2.86. The number of carbonyl (C=O) groups is 2. The van der Waals surface area contributed by atoms with Gasteiger partial charge in [0.25, 0.3) is 11.8 Å². The normalized spacial score (nSPS) is 13.8. The third-order valence-corrected chi connectivity index (χ3v) is 4.29. The maximum atomic E-state index is 13.1. The fourth-order valence-electron chi connectivity index (χ4n) is 2.86. The van der Waals surface area contributed by atoms with Crippen LogP contribution < -0.4 is 10.6 Å². The smallest absolute Gasteiger partial charge is 0.278 e. The molecule has 0 aliphatic heterocycles. The van der Waals surface area contributed by atoms with Gasteiger partial charge in [-0.25, -0.2) is 4.39 Å². The SMILES string of the molecule is O=C(Nc1c[nH]nc1C(=O)NC1=CC=C(F)CC1)c1ccc2cc[nH]c2c1. The van der Waals surface area contributed by atoms with Crippen LogP contribution in [-0.4, -0.2) is 27.0 Å². The van der Waals surface area contributed by atoms with Crippen LogP contribution in [0.25, 0.3) is 10.9 Å². The molecule has 0 saturated carbocycles. The number of hydrogen-bond donors (Lipinski definition) is 4. The first-order chi connectivity index (χ1) is 13.1. The third-order valence-electron chi connectivity index (χ3n) is 4.29. The second-order valence-electron chi connectivity index (χ2n) is 6.14. The first kappa shape index (κ1) is 16.8. The molecule has 1 aliphatic carbocycles. The predicted molar refractivity (Wildman–Crippen MR) is 98.8 cm³/mol. The molecule has 4 rings (SSSR count). The lowest BCUT2D eigenvalue weighted by molar-refractivity contribution is 0.0960. The largest absolute Gasteiger partial charge is 0.361 e. The molecule has 3 aromatic rings. The van der Waals surface area contributed by atoms with E-state index >= 15 is 0 Å². The van der Waals surface area contributed by atoms with Crippen molar-refractivity contribution in [1.29, 1.82) is 0 Å². The molecule has 1 aliphatic rings. The molecular formula is C19H16FN5O2. The van der Waals surface area contributed by atoms with Gasteiger partial charge in [0.2, 0.25) is 0 Å². The highest BCUT2D eigenvalue weighted by molar-refractivity contribution is 6.09. The molecule has 8 heteroatoms. The van der Waals surface area contributed by atoms with Crippen LogP contribution >= 0.6 is 0 Å². The molecule has 1 aromatic carbocycles. The van der Waals surface area contributed by atoms with Crippen molar-refractivity contribution in [3.05, 3.63) is 71.6 Å². The Morgan fingerprint density at radius 1 is 1.07 bits per heavy atom. The second kappa shape index (κ2) is 6.91. The van der Waals surface area contributed by atoms with Crippen molar-refractivity contribution in [3.8, 4) is 0 Å². The molecule has 4 N–H and O–H groups in total. The highest BCUT2D eigenvalue weighted by Gasteiger charge is 2.19. The van der Waals surface area contributed by atoms with Gasteiger partial charge in [0.05, 0.1) is 5.69 Å². The molecule has 0 unspecified atom stereocenters. The molecular weight excluding hydrogens is 349 g/mol. The summed E-state index contributed by atoms with van der Waals surface area (Å²) in [5.74, 6) is -1.06. The van der Waals surface area contributed by atoms with Gasteiger partial charge in [0.15, 0.2) is 5.69 Å². The molecule has 7 nitrogen and oxygen atoms in total. The van der Waals surface area contributed by atoms with Gasteiger partial charge in [-0.05, 0) is 42.2 Å². The van der Waals surface area contributed by atoms with E-state index in [0.717, 1.165) is 10.9 Å². The van der Waals surface area contributed by atoms with Crippen LogP contribution in [0.2, 0.25) is 0 Å². The lowest BCUT2D eigenvalue weighted by Gasteiger charge is -2.12. The van der Waals surface area contributed by atoms with E-state index < -0.39 is 5.91 Å². The number of aromatic nitrogens is 3. The minimum absolute atomic E-state index is 0.0558. The van der Waals surface area contributed by atoms with Crippen molar-refractivity contribution in [2.45, 2.75) is 12.8 Å². The van der Waals surface area contributed by atoms with Crippen LogP contribution in [0.3, 0.4) is 0 Å². The van der Waals surface area contributed by atoms with Gasteiger partial charge in [-0.1, -0.05) is 6.07 Å². The third kappa shape index (κ3) is 3.50. The van der Waals surface area contributed by atoms with Gasteiger partial charge >= 0.3 is 0 Å². The van der Waals surface area contributed by atoms with E-state index in [0.29, 0.717) is 17.7 Å². The van der Waals surface area contributed by atoms with Gasteiger partial charge in [-0.15, -0.1) is 0 Å². The highest BCUT2D eigenvalue weighted by atomic mass is 19.1. The molecule has 136 valence electrons. The lowest BCUT2D eigenvalue weighted by atomic mass is 10.1. The summed E-state index contributed by atoms with van der Waals surface area (Å²) in [6, 6.07) is 7.19. The van der Waals surface area contributed by atoms with Crippen LogP contribution in [0.5, 0.6) is 0 Å². The number of allylic oxidation sites excluding steroid dienone is 4. The first-order valence-corrected chi connectivity index (χ1v) is 8.39. The predicted octanol–water partition coefficient (Wildman–Crippen LogP) is 3.40. The zero-order chi connectivity index (χ0) is 18.8. The molecule has 0 spiro atoms. The summed E-state index contributed by atoms with van der Waals surface area (Å²) in [5.41, 5.74) is 2.21. The summed E-state index contributed by atoms with van der Waals surface area (Å²) in [4.78, 5) is 28.0. The summed E-state index contributed by atoms with van der Waals surface area (Å²) in [5, 5.41) is 12.9. The number of halogens is 1. The van der Waals surface area contributed by atoms with Crippen LogP contribution in [0, 0.1) is 0 Å². The van der Waals surface area contributed by atoms with Crippen molar-refractivity contribution in [2.75, 3.05) is 5.32 Å². The van der Waals surface area contributed by atoms with E-state index in [4.69, 9.17) is 0 Å². The molecule has 0 saturated heterocycles. The number of nitrogens with one attached hydrogen (secondary N) is 4. The summed E-state index contributed by atoms with van der Waals surface area (Å²) in [6.07, 6.45) is 6.73. The Morgan fingerprint density at radius 3 is 2.78 bits per heavy atom. The summed E-state index contributed by atoms with van der Waals surface area (Å²) in [7, 11) is 0. The molecule has 2 heterocycles. The van der Waals surface area contributed by atoms with Gasteiger partial charge in [0, 0.05) is 35.6 Å². The number of carbonyl (C=O) groups excluding carboxylic acids is 2. The molecule has 2 aromatic heterocycles. The van der Waals surface area contributed by atoms with Crippen molar-refractivity contribution >= 4 is 28.4 Å². The summed E-state index contributed by atoms with van der Waals surface area (Å²) >= 11 is 0. The molecule has 27 heavy (non-hydrogen) atoms. The Hall–Kier alpha value is -3.68. The van der Waals surface area contributed by atoms with Crippen molar-refractivity contribution in [1.82, 2.24) is 20.5 Å². The van der Waals surface area contributed by atoms with E-state index in [-0.39, 0.29) is 29.5 Å². The number of aromatic amines is 2. The molecule has 0 bridgehead atoms. The average Bonchev–Trinajstić information content (AvgIpc) is 3.32. The van der Waals surface area contributed by atoms with E-state index in [1.807, 2.05) is 12.1 Å². The minimum atomic E-state index is -0.478. The van der Waals surface area contributed by atoms with Crippen molar-refractivity contribution in [2.24, 2.45) is 0 Å². The molecule has 0 atom stereocenters. The monoisotopic (exact) mass is 365 g/mol. The molecule has 2 amide bonds. The summed E-state index contributed by atoms with van der Waals surface area (Å²) < 4.78 is 13.1. The minimum Gasteiger partial charge on any atom is -0.361 e. The quantitative estimate of drug-likeness (QED) is 0.570. The number of benzene rings is 1. The number of hydrogen-bond acceptors (Lipinski definition) is 3. The van der Waals surface area contributed by atoms with E-state index in [1.54, 1.807) is 18.3 Å². The van der Waals surface area contributed by atoms with Gasteiger partial charge in [-0.2, -0.15) is 5.10 Å². The highest BCUT2D eigenvalue weighted by Crippen LogP contribution is 2.20. The second-order valence-corrected chi connectivity index (χ2v) is 6.14. The van der Waals surface area contributed by atoms with E-state index in [1.165, 1.54) is 18.3 Å². The molecule has 0 fully saturated rings. The maximum Gasteiger partial charge on any atom is 0.278 e. The maximum absolute atomic E-state index is 13.1. The fraction of sp³-hybridized carbons (Fsp3) is 0.105. The van der Waals surface area contributed by atoms with Crippen LogP contribution in [0.1, 0.15) is 33.7 Å². The number of nitrogens with zero attached hydrogens (tertiary/aromatic N) is 1. The molecule has 0 radical (unpaired) electrons. The lowest BCUT2D eigenvalue weighted by Crippen LogP contribution is -2.25. The van der Waals surface area contributed by atoms with Gasteiger partial charge in [0.1, 0.15) is 5.83 Å². The topological polar surface area (TPSA) is 103 Å². The first-order valence-electron chi connectivity index (χ1n) is 8.39. The Balaban J connectivity index is 1.49. The van der Waals surface area contributed by atoms with Gasteiger partial charge < -0.3 is 15.6 Å². The van der Waals surface area contributed by atoms with E-state index in [9.17, 15) is 14.0 Å². The van der Waals surface area contributed by atoms with E-state index in [2.05, 4.69) is 25.8 Å². The summed E-state index contributed by atoms with van der Waals surface area (Å²) in [6.45, 7) is 0. The zero-order valence-electron chi connectivity index (χ0n) is 14.2. The zero-order valence-corrected chi connectivity index (χ0v) is 14.2. The Morgan fingerprint density at radius 2 is 1.96 bits per heavy atom.